The summed E-state index contributed by atoms with van der Waals surface area (Å²) >= 11 is 0. The van der Waals surface area contributed by atoms with Crippen LogP contribution in [0.3, 0.4) is 0 Å². The van der Waals surface area contributed by atoms with Crippen LogP contribution in [0.15, 0.2) is 0 Å². The summed E-state index contributed by atoms with van der Waals surface area (Å²) in [6.07, 6.45) is 0.356. The van der Waals surface area contributed by atoms with Crippen LogP contribution in [-0.4, -0.2) is 44.9 Å². The van der Waals surface area contributed by atoms with Crippen molar-refractivity contribution in [2.45, 2.75) is 6.04 Å². The van der Waals surface area contributed by atoms with E-state index in [0.717, 1.165) is 0 Å². The molecule has 0 radical (unpaired) electrons. The molecule has 0 saturated carbocycles. The topological polar surface area (TPSA) is 92.7 Å². The molecule has 12 heavy (non-hydrogen) atoms. The number of amides is 1. The van der Waals surface area contributed by atoms with Crippen LogP contribution >= 0.6 is 0 Å². The zero-order valence-electron chi connectivity index (χ0n) is 6.56. The second kappa shape index (κ2) is 5.07. The predicted octanol–water partition coefficient (Wildman–Crippen LogP) is -1.36. The molecule has 0 aliphatic carbocycles. The van der Waals surface area contributed by atoms with Gasteiger partial charge in [-0.15, -0.1) is 0 Å². The molecule has 1 amide bonds. The van der Waals surface area contributed by atoms with E-state index in [1.54, 1.807) is 0 Å². The van der Waals surface area contributed by atoms with Crippen molar-refractivity contribution in [1.82, 2.24) is 5.32 Å². The SMILES string of the molecule is COCC(CS(=O)(=O)O)NC=O. The van der Waals surface area contributed by atoms with E-state index in [1.165, 1.54) is 7.11 Å². The Morgan fingerprint density at radius 2 is 2.25 bits per heavy atom. The normalized spacial score (nSPS) is 13.8. The minimum absolute atomic E-state index is 0.0402. The van der Waals surface area contributed by atoms with Gasteiger partial charge in [0.05, 0.1) is 18.4 Å². The van der Waals surface area contributed by atoms with Gasteiger partial charge in [-0.25, -0.2) is 0 Å². The third-order valence-corrected chi connectivity index (χ3v) is 1.91. The summed E-state index contributed by atoms with van der Waals surface area (Å²) in [5, 5.41) is 2.20. The summed E-state index contributed by atoms with van der Waals surface area (Å²) in [4.78, 5) is 9.93. The fourth-order valence-corrected chi connectivity index (χ4v) is 1.40. The first-order valence-electron chi connectivity index (χ1n) is 3.13. The fraction of sp³-hybridized carbons (Fsp3) is 0.800. The number of hydrogen-bond acceptors (Lipinski definition) is 4. The molecule has 0 bridgehead atoms. The van der Waals surface area contributed by atoms with E-state index in [-0.39, 0.29) is 6.61 Å². The number of carbonyl (C=O) groups is 1. The number of rotatable bonds is 6. The lowest BCUT2D eigenvalue weighted by molar-refractivity contribution is -0.110. The van der Waals surface area contributed by atoms with Crippen LogP contribution < -0.4 is 5.32 Å². The number of hydrogen-bond donors (Lipinski definition) is 2. The second-order valence-electron chi connectivity index (χ2n) is 2.19. The third-order valence-electron chi connectivity index (χ3n) is 1.08. The molecule has 7 heteroatoms. The molecule has 1 atom stereocenters. The van der Waals surface area contributed by atoms with Crippen molar-refractivity contribution in [1.29, 1.82) is 0 Å². The maximum atomic E-state index is 10.3. The highest BCUT2D eigenvalue weighted by molar-refractivity contribution is 7.85. The van der Waals surface area contributed by atoms with Crippen LogP contribution in [-0.2, 0) is 19.6 Å². The molecule has 0 aromatic heterocycles. The molecule has 0 rings (SSSR count). The van der Waals surface area contributed by atoms with Crippen molar-refractivity contribution in [3.8, 4) is 0 Å². The minimum atomic E-state index is -4.07. The Kier molecular flexibility index (Phi) is 4.79. The average Bonchev–Trinajstić information content (AvgIpc) is 1.84. The number of nitrogens with one attached hydrogen (secondary N) is 1. The molecule has 0 spiro atoms. The van der Waals surface area contributed by atoms with Crippen molar-refractivity contribution in [2.24, 2.45) is 0 Å². The molecular formula is C5H11NO5S. The van der Waals surface area contributed by atoms with Crippen molar-refractivity contribution in [2.75, 3.05) is 19.5 Å². The largest absolute Gasteiger partial charge is 0.383 e. The van der Waals surface area contributed by atoms with Gasteiger partial charge in [0.15, 0.2) is 0 Å². The number of ether oxygens (including phenoxy) is 1. The van der Waals surface area contributed by atoms with Crippen molar-refractivity contribution in [3.63, 3.8) is 0 Å². The van der Waals surface area contributed by atoms with Crippen molar-refractivity contribution >= 4 is 16.5 Å². The van der Waals surface area contributed by atoms with Crippen LogP contribution in [0, 0.1) is 0 Å². The van der Waals surface area contributed by atoms with E-state index in [1.807, 2.05) is 0 Å². The Morgan fingerprint density at radius 3 is 2.58 bits per heavy atom. The maximum absolute atomic E-state index is 10.3. The molecule has 6 nitrogen and oxygen atoms in total. The van der Waals surface area contributed by atoms with Gasteiger partial charge in [-0.1, -0.05) is 0 Å². The molecule has 0 saturated heterocycles. The van der Waals surface area contributed by atoms with Gasteiger partial charge in [0.1, 0.15) is 0 Å². The summed E-state index contributed by atoms with van der Waals surface area (Å²) in [5.41, 5.74) is 0. The van der Waals surface area contributed by atoms with Crippen molar-refractivity contribution in [3.05, 3.63) is 0 Å². The van der Waals surface area contributed by atoms with E-state index in [4.69, 9.17) is 4.55 Å². The Bertz CT molecular complexity index is 224. The molecule has 1 unspecified atom stereocenters. The zero-order valence-corrected chi connectivity index (χ0v) is 7.37. The highest BCUT2D eigenvalue weighted by atomic mass is 32.2. The summed E-state index contributed by atoms with van der Waals surface area (Å²) in [7, 11) is -2.70. The zero-order chi connectivity index (χ0) is 9.61. The molecule has 0 heterocycles. The van der Waals surface area contributed by atoms with Gasteiger partial charge in [-0.2, -0.15) is 8.42 Å². The average molecular weight is 197 g/mol. The van der Waals surface area contributed by atoms with Gasteiger partial charge in [-0.05, 0) is 0 Å². The third kappa shape index (κ3) is 6.08. The number of carbonyl (C=O) groups excluding carboxylic acids is 1. The van der Waals surface area contributed by atoms with Gasteiger partial charge in [0.25, 0.3) is 10.1 Å². The lowest BCUT2D eigenvalue weighted by Crippen LogP contribution is -2.38. The predicted molar refractivity (Wildman–Crippen MR) is 41.3 cm³/mol. The van der Waals surface area contributed by atoms with E-state index in [0.29, 0.717) is 6.41 Å². The van der Waals surface area contributed by atoms with Crippen LogP contribution in [0.4, 0.5) is 0 Å². The van der Waals surface area contributed by atoms with E-state index >= 15 is 0 Å². The van der Waals surface area contributed by atoms with Gasteiger partial charge in [0, 0.05) is 7.11 Å². The smallest absolute Gasteiger partial charge is 0.266 e. The minimum Gasteiger partial charge on any atom is -0.383 e. The molecule has 2 N–H and O–H groups in total. The van der Waals surface area contributed by atoms with Crippen LogP contribution in [0.5, 0.6) is 0 Å². The maximum Gasteiger partial charge on any atom is 0.266 e. The Hall–Kier alpha value is -0.660. The van der Waals surface area contributed by atoms with Crippen LogP contribution in [0.1, 0.15) is 0 Å². The number of methoxy groups -OCH3 is 1. The lowest BCUT2D eigenvalue weighted by atomic mass is 10.4. The first kappa shape index (κ1) is 11.3. The summed E-state index contributed by atoms with van der Waals surface area (Å²) in [5.74, 6) is -0.542. The van der Waals surface area contributed by atoms with Crippen LogP contribution in [0.2, 0.25) is 0 Å². The highest BCUT2D eigenvalue weighted by Crippen LogP contribution is 1.90. The fourth-order valence-electron chi connectivity index (χ4n) is 0.696. The standard InChI is InChI=1S/C5H11NO5S/c1-11-2-5(6-4-7)3-12(8,9)10/h4-5H,2-3H2,1H3,(H,6,7)(H,8,9,10). The lowest BCUT2D eigenvalue weighted by Gasteiger charge is -2.12. The van der Waals surface area contributed by atoms with E-state index < -0.39 is 21.9 Å². The van der Waals surface area contributed by atoms with Gasteiger partial charge >= 0.3 is 0 Å². The molecule has 0 fully saturated rings. The molecule has 0 aromatic rings. The van der Waals surface area contributed by atoms with Crippen molar-refractivity contribution < 1.29 is 22.5 Å². The molecule has 0 aromatic carbocycles. The van der Waals surface area contributed by atoms with Gasteiger partial charge in [0.2, 0.25) is 6.41 Å². The molecular weight excluding hydrogens is 186 g/mol. The van der Waals surface area contributed by atoms with E-state index in [9.17, 15) is 13.2 Å². The Labute approximate surface area is 70.7 Å². The highest BCUT2D eigenvalue weighted by Gasteiger charge is 2.15. The Morgan fingerprint density at radius 1 is 1.67 bits per heavy atom. The first-order valence-corrected chi connectivity index (χ1v) is 4.74. The van der Waals surface area contributed by atoms with Gasteiger partial charge < -0.3 is 10.1 Å². The van der Waals surface area contributed by atoms with E-state index in [2.05, 4.69) is 10.1 Å². The summed E-state index contributed by atoms with van der Waals surface area (Å²) in [6, 6.07) is -0.706. The summed E-state index contributed by atoms with van der Waals surface area (Å²) < 4.78 is 33.7. The molecule has 72 valence electrons. The van der Waals surface area contributed by atoms with Gasteiger partial charge in [-0.3, -0.25) is 9.35 Å². The Balaban J connectivity index is 4.03. The first-order chi connectivity index (χ1) is 5.49. The quantitative estimate of drug-likeness (QED) is 0.405. The van der Waals surface area contributed by atoms with Crippen LogP contribution in [0.25, 0.3) is 0 Å². The second-order valence-corrected chi connectivity index (χ2v) is 3.68. The molecule has 0 aliphatic heterocycles. The molecule has 0 aliphatic rings. The monoisotopic (exact) mass is 197 g/mol. The summed E-state index contributed by atoms with van der Waals surface area (Å²) in [6.45, 7) is 0.0402.